The first-order valence-corrected chi connectivity index (χ1v) is 5.40. The van der Waals surface area contributed by atoms with E-state index in [1.54, 1.807) is 6.07 Å². The number of rotatable bonds is 4. The molecule has 0 radical (unpaired) electrons. The van der Waals surface area contributed by atoms with Crippen LogP contribution in [0.5, 0.6) is 5.75 Å². The van der Waals surface area contributed by atoms with E-state index in [1.807, 2.05) is 24.5 Å². The third-order valence-corrected chi connectivity index (χ3v) is 2.50. The summed E-state index contributed by atoms with van der Waals surface area (Å²) in [7, 11) is 0. The minimum Gasteiger partial charge on any atom is -0.479 e. The van der Waals surface area contributed by atoms with Crippen LogP contribution < -0.4 is 4.74 Å². The SMILES string of the molecule is CSc1ccccc1O[C@H](C)C(=O)O. The Balaban J connectivity index is 2.80. The molecule has 4 heteroatoms. The van der Waals surface area contributed by atoms with Crippen molar-refractivity contribution >= 4 is 17.7 Å². The Labute approximate surface area is 87.1 Å². The standard InChI is InChI=1S/C10H12O3S/c1-7(10(11)12)13-8-5-3-4-6-9(8)14-2/h3-7H,1-2H3,(H,11,12)/t7-/m1/s1. The van der Waals surface area contributed by atoms with Crippen LogP contribution in [0.15, 0.2) is 29.2 Å². The molecule has 0 heterocycles. The summed E-state index contributed by atoms with van der Waals surface area (Å²) >= 11 is 1.53. The van der Waals surface area contributed by atoms with Crippen molar-refractivity contribution in [1.29, 1.82) is 0 Å². The third-order valence-electron chi connectivity index (χ3n) is 1.72. The number of thioether (sulfide) groups is 1. The van der Waals surface area contributed by atoms with Gasteiger partial charge in [0.15, 0.2) is 6.10 Å². The van der Waals surface area contributed by atoms with E-state index in [4.69, 9.17) is 9.84 Å². The van der Waals surface area contributed by atoms with Gasteiger partial charge in [-0.25, -0.2) is 4.79 Å². The van der Waals surface area contributed by atoms with E-state index in [1.165, 1.54) is 18.7 Å². The Morgan fingerprint density at radius 1 is 1.50 bits per heavy atom. The third kappa shape index (κ3) is 2.67. The van der Waals surface area contributed by atoms with Gasteiger partial charge in [0.1, 0.15) is 5.75 Å². The predicted molar refractivity (Wildman–Crippen MR) is 55.9 cm³/mol. The van der Waals surface area contributed by atoms with E-state index in [0.29, 0.717) is 5.75 Å². The zero-order valence-corrected chi connectivity index (χ0v) is 8.88. The molecule has 0 aromatic heterocycles. The van der Waals surface area contributed by atoms with Crippen molar-refractivity contribution in [1.82, 2.24) is 0 Å². The van der Waals surface area contributed by atoms with Crippen molar-refractivity contribution in [2.24, 2.45) is 0 Å². The second-order valence-corrected chi connectivity index (χ2v) is 3.60. The lowest BCUT2D eigenvalue weighted by Crippen LogP contribution is -2.23. The maximum atomic E-state index is 10.6. The summed E-state index contributed by atoms with van der Waals surface area (Å²) in [6.45, 7) is 1.51. The van der Waals surface area contributed by atoms with E-state index in [-0.39, 0.29) is 0 Å². The highest BCUT2D eigenvalue weighted by atomic mass is 32.2. The largest absolute Gasteiger partial charge is 0.479 e. The van der Waals surface area contributed by atoms with Gasteiger partial charge in [0.2, 0.25) is 0 Å². The molecular weight excluding hydrogens is 200 g/mol. The summed E-state index contributed by atoms with van der Waals surface area (Å²) in [5.41, 5.74) is 0. The quantitative estimate of drug-likeness (QED) is 0.778. The van der Waals surface area contributed by atoms with Crippen LogP contribution in [0.25, 0.3) is 0 Å². The number of carboxylic acids is 1. The molecule has 0 aliphatic heterocycles. The number of hydrogen-bond acceptors (Lipinski definition) is 3. The fourth-order valence-electron chi connectivity index (χ4n) is 0.957. The van der Waals surface area contributed by atoms with Crippen molar-refractivity contribution in [3.05, 3.63) is 24.3 Å². The van der Waals surface area contributed by atoms with E-state index < -0.39 is 12.1 Å². The second-order valence-electron chi connectivity index (χ2n) is 2.75. The zero-order valence-electron chi connectivity index (χ0n) is 8.06. The summed E-state index contributed by atoms with van der Waals surface area (Å²) in [4.78, 5) is 11.5. The first-order valence-electron chi connectivity index (χ1n) is 4.17. The van der Waals surface area contributed by atoms with Crippen LogP contribution in [0.2, 0.25) is 0 Å². The van der Waals surface area contributed by atoms with Gasteiger partial charge < -0.3 is 9.84 Å². The molecule has 0 amide bonds. The average Bonchev–Trinajstić information content (AvgIpc) is 2.18. The highest BCUT2D eigenvalue weighted by molar-refractivity contribution is 7.98. The van der Waals surface area contributed by atoms with Crippen molar-refractivity contribution in [3.8, 4) is 5.75 Å². The average molecular weight is 212 g/mol. The molecule has 0 saturated carbocycles. The number of carbonyl (C=O) groups is 1. The van der Waals surface area contributed by atoms with Crippen LogP contribution in [0.4, 0.5) is 0 Å². The highest BCUT2D eigenvalue weighted by Crippen LogP contribution is 2.27. The molecule has 0 aliphatic rings. The van der Waals surface area contributed by atoms with Crippen LogP contribution in [0, 0.1) is 0 Å². The fraction of sp³-hybridized carbons (Fsp3) is 0.300. The number of hydrogen-bond donors (Lipinski definition) is 1. The summed E-state index contributed by atoms with van der Waals surface area (Å²) in [5, 5.41) is 8.68. The van der Waals surface area contributed by atoms with Gasteiger partial charge in [0.25, 0.3) is 0 Å². The molecule has 1 aromatic rings. The van der Waals surface area contributed by atoms with Crippen LogP contribution in [0.3, 0.4) is 0 Å². The number of benzene rings is 1. The second kappa shape index (κ2) is 4.91. The van der Waals surface area contributed by atoms with Gasteiger partial charge in [0, 0.05) is 4.90 Å². The van der Waals surface area contributed by atoms with E-state index in [9.17, 15) is 4.79 Å². The maximum absolute atomic E-state index is 10.6. The molecule has 0 bridgehead atoms. The molecule has 3 nitrogen and oxygen atoms in total. The first kappa shape index (κ1) is 10.9. The Kier molecular flexibility index (Phi) is 3.83. The number of ether oxygens (including phenoxy) is 1. The van der Waals surface area contributed by atoms with Crippen molar-refractivity contribution < 1.29 is 14.6 Å². The van der Waals surface area contributed by atoms with E-state index >= 15 is 0 Å². The number of carboxylic acid groups (broad SMARTS) is 1. The summed E-state index contributed by atoms with van der Waals surface area (Å²) in [6, 6.07) is 7.38. The molecule has 1 rings (SSSR count). The molecule has 1 N–H and O–H groups in total. The van der Waals surface area contributed by atoms with Gasteiger partial charge in [-0.1, -0.05) is 12.1 Å². The summed E-state index contributed by atoms with van der Waals surface area (Å²) in [6.07, 6.45) is 1.11. The highest BCUT2D eigenvalue weighted by Gasteiger charge is 2.13. The Hall–Kier alpha value is -1.16. The lowest BCUT2D eigenvalue weighted by Gasteiger charge is -2.12. The Morgan fingerprint density at radius 2 is 2.14 bits per heavy atom. The smallest absolute Gasteiger partial charge is 0.344 e. The van der Waals surface area contributed by atoms with Gasteiger partial charge in [-0.15, -0.1) is 11.8 Å². The number of para-hydroxylation sites is 1. The number of aliphatic carboxylic acids is 1. The monoisotopic (exact) mass is 212 g/mol. The molecule has 0 unspecified atom stereocenters. The maximum Gasteiger partial charge on any atom is 0.344 e. The van der Waals surface area contributed by atoms with Gasteiger partial charge in [0.05, 0.1) is 0 Å². The molecule has 14 heavy (non-hydrogen) atoms. The molecule has 1 aromatic carbocycles. The van der Waals surface area contributed by atoms with Crippen molar-refractivity contribution in [3.63, 3.8) is 0 Å². The molecule has 76 valence electrons. The van der Waals surface area contributed by atoms with Gasteiger partial charge in [-0.2, -0.15) is 0 Å². The first-order chi connectivity index (χ1) is 6.65. The predicted octanol–water partition coefficient (Wildman–Crippen LogP) is 2.26. The van der Waals surface area contributed by atoms with Crippen molar-refractivity contribution in [2.75, 3.05) is 6.26 Å². The summed E-state index contributed by atoms with van der Waals surface area (Å²) in [5.74, 6) is -0.337. The lowest BCUT2D eigenvalue weighted by molar-refractivity contribution is -0.144. The molecule has 0 spiro atoms. The van der Waals surface area contributed by atoms with Gasteiger partial charge >= 0.3 is 5.97 Å². The Bertz CT molecular complexity index is 325. The molecule has 0 fully saturated rings. The minimum absolute atomic E-state index is 0.620. The topological polar surface area (TPSA) is 46.5 Å². The van der Waals surface area contributed by atoms with Crippen LogP contribution in [-0.2, 0) is 4.79 Å². The van der Waals surface area contributed by atoms with Crippen LogP contribution in [-0.4, -0.2) is 23.4 Å². The Morgan fingerprint density at radius 3 is 2.71 bits per heavy atom. The van der Waals surface area contributed by atoms with Gasteiger partial charge in [-0.05, 0) is 25.3 Å². The molecule has 0 aliphatic carbocycles. The molecule has 1 atom stereocenters. The zero-order chi connectivity index (χ0) is 10.6. The molecular formula is C10H12O3S. The molecule has 0 saturated heterocycles. The fourth-order valence-corrected chi connectivity index (χ4v) is 1.49. The minimum atomic E-state index is -0.957. The van der Waals surface area contributed by atoms with E-state index in [2.05, 4.69) is 0 Å². The lowest BCUT2D eigenvalue weighted by atomic mass is 10.3. The summed E-state index contributed by atoms with van der Waals surface area (Å²) < 4.78 is 5.28. The van der Waals surface area contributed by atoms with Gasteiger partial charge in [-0.3, -0.25) is 0 Å². The van der Waals surface area contributed by atoms with E-state index in [0.717, 1.165) is 4.90 Å². The van der Waals surface area contributed by atoms with Crippen molar-refractivity contribution in [2.45, 2.75) is 17.9 Å². The van der Waals surface area contributed by atoms with Crippen LogP contribution in [0.1, 0.15) is 6.92 Å². The normalized spacial score (nSPS) is 12.1. The van der Waals surface area contributed by atoms with Crippen LogP contribution >= 0.6 is 11.8 Å².